The number of hydrogen-bond acceptors (Lipinski definition) is 6. The fourth-order valence-corrected chi connectivity index (χ4v) is 3.85. The lowest BCUT2D eigenvalue weighted by Crippen LogP contribution is -2.37. The largest absolute Gasteiger partial charge is 0.497 e. The number of hydrogen-bond donors (Lipinski definition) is 1. The third-order valence-electron chi connectivity index (χ3n) is 5.88. The van der Waals surface area contributed by atoms with Gasteiger partial charge in [-0.15, -0.1) is 0 Å². The monoisotopic (exact) mass is 521 g/mol. The predicted molar refractivity (Wildman–Crippen MR) is 144 cm³/mol. The molecule has 0 radical (unpaired) electrons. The number of carboxylic acid groups (broad SMARTS) is 1. The molecule has 0 aliphatic carbocycles. The molecule has 1 atom stereocenters. The van der Waals surface area contributed by atoms with Gasteiger partial charge in [-0.1, -0.05) is 42.5 Å². The maximum atomic E-state index is 13.0. The van der Waals surface area contributed by atoms with Crippen molar-refractivity contribution in [2.45, 2.75) is 32.3 Å². The van der Waals surface area contributed by atoms with Gasteiger partial charge in [-0.05, 0) is 67.3 Å². The molecule has 202 valence electrons. The van der Waals surface area contributed by atoms with Crippen molar-refractivity contribution in [2.24, 2.45) is 0 Å². The Balaban J connectivity index is 1.55. The van der Waals surface area contributed by atoms with Crippen LogP contribution in [-0.4, -0.2) is 61.6 Å². The second kappa shape index (κ2) is 15.3. The molecule has 0 bridgehead atoms. The maximum absolute atomic E-state index is 13.0. The van der Waals surface area contributed by atoms with E-state index in [1.54, 1.807) is 55.3 Å². The van der Waals surface area contributed by atoms with E-state index >= 15 is 0 Å². The molecular weight excluding hydrogens is 486 g/mol. The van der Waals surface area contributed by atoms with Crippen LogP contribution in [-0.2, 0) is 22.4 Å². The Morgan fingerprint density at radius 3 is 2.13 bits per heavy atom. The molecular formula is C30H35NO7. The van der Waals surface area contributed by atoms with Gasteiger partial charge < -0.3 is 29.0 Å². The Kier molecular flexibility index (Phi) is 11.5. The highest BCUT2D eigenvalue weighted by atomic mass is 16.6. The van der Waals surface area contributed by atoms with Crippen LogP contribution < -0.4 is 14.2 Å². The summed E-state index contributed by atoms with van der Waals surface area (Å²) in [7, 11) is 1.58. The predicted octanol–water partition coefficient (Wildman–Crippen LogP) is 5.24. The van der Waals surface area contributed by atoms with Crippen LogP contribution in [0, 0.1) is 0 Å². The Bertz CT molecular complexity index is 1120. The fourth-order valence-electron chi connectivity index (χ4n) is 3.85. The van der Waals surface area contributed by atoms with E-state index in [1.807, 2.05) is 30.3 Å². The summed E-state index contributed by atoms with van der Waals surface area (Å²) in [5.41, 5.74) is 2.05. The van der Waals surface area contributed by atoms with E-state index in [-0.39, 0.29) is 13.0 Å². The van der Waals surface area contributed by atoms with E-state index < -0.39 is 18.2 Å². The van der Waals surface area contributed by atoms with Crippen molar-refractivity contribution in [3.8, 4) is 17.2 Å². The van der Waals surface area contributed by atoms with Crippen LogP contribution >= 0.6 is 0 Å². The van der Waals surface area contributed by atoms with Crippen LogP contribution in [0.1, 0.15) is 24.5 Å². The molecule has 0 spiro atoms. The highest BCUT2D eigenvalue weighted by Gasteiger charge is 2.18. The number of carbonyl (C=O) groups excluding carboxylic acids is 1. The number of carbonyl (C=O) groups is 2. The molecule has 3 aromatic carbocycles. The summed E-state index contributed by atoms with van der Waals surface area (Å²) in [6, 6.07) is 24.2. The number of carboxylic acids is 1. The topological polar surface area (TPSA) is 94.5 Å². The molecule has 0 fully saturated rings. The Labute approximate surface area is 223 Å². The quantitative estimate of drug-likeness (QED) is 0.292. The van der Waals surface area contributed by atoms with Crippen LogP contribution in [0.25, 0.3) is 0 Å². The number of methoxy groups -OCH3 is 1. The van der Waals surface area contributed by atoms with Gasteiger partial charge in [0.1, 0.15) is 23.9 Å². The molecule has 8 heteroatoms. The molecule has 0 saturated heterocycles. The zero-order chi connectivity index (χ0) is 27.2. The minimum atomic E-state index is -0.985. The van der Waals surface area contributed by atoms with Crippen molar-refractivity contribution in [3.63, 3.8) is 0 Å². The third-order valence-corrected chi connectivity index (χ3v) is 5.88. The molecule has 1 amide bonds. The highest BCUT2D eigenvalue weighted by Crippen LogP contribution is 2.19. The first-order valence-electron chi connectivity index (χ1n) is 12.7. The SMILES string of the molecule is CCOC(Cc1ccc(OCCN(CCCc2ccccc2)C(=O)Oc2ccc(OC)cc2)cc1)C(=O)O. The maximum Gasteiger partial charge on any atom is 0.415 e. The Morgan fingerprint density at radius 2 is 1.50 bits per heavy atom. The molecule has 0 aromatic heterocycles. The zero-order valence-electron chi connectivity index (χ0n) is 21.9. The van der Waals surface area contributed by atoms with Crippen molar-refractivity contribution in [2.75, 3.05) is 33.4 Å². The summed E-state index contributed by atoms with van der Waals surface area (Å²) in [6.45, 7) is 3.24. The molecule has 1 N–H and O–H groups in total. The van der Waals surface area contributed by atoms with Crippen LogP contribution in [0.2, 0.25) is 0 Å². The second-order valence-electron chi connectivity index (χ2n) is 8.60. The molecule has 38 heavy (non-hydrogen) atoms. The number of ether oxygens (including phenoxy) is 4. The van der Waals surface area contributed by atoms with Gasteiger partial charge in [-0.25, -0.2) is 9.59 Å². The molecule has 0 heterocycles. The van der Waals surface area contributed by atoms with E-state index in [4.69, 9.17) is 18.9 Å². The van der Waals surface area contributed by atoms with Gasteiger partial charge in [0.15, 0.2) is 6.10 Å². The number of amides is 1. The second-order valence-corrected chi connectivity index (χ2v) is 8.60. The van der Waals surface area contributed by atoms with E-state index in [1.165, 1.54) is 5.56 Å². The van der Waals surface area contributed by atoms with Crippen LogP contribution in [0.4, 0.5) is 4.79 Å². The highest BCUT2D eigenvalue weighted by molar-refractivity contribution is 5.72. The normalized spacial score (nSPS) is 11.4. The average Bonchev–Trinajstić information content (AvgIpc) is 2.93. The van der Waals surface area contributed by atoms with Gasteiger partial charge in [0.2, 0.25) is 0 Å². The third kappa shape index (κ3) is 9.44. The summed E-state index contributed by atoms with van der Waals surface area (Å²) in [4.78, 5) is 25.9. The van der Waals surface area contributed by atoms with Crippen molar-refractivity contribution in [1.29, 1.82) is 0 Å². The average molecular weight is 522 g/mol. The Morgan fingerprint density at radius 1 is 0.842 bits per heavy atom. The van der Waals surface area contributed by atoms with Gasteiger partial charge in [-0.3, -0.25) is 0 Å². The number of aliphatic carboxylic acids is 1. The summed E-state index contributed by atoms with van der Waals surface area (Å²) >= 11 is 0. The van der Waals surface area contributed by atoms with Gasteiger partial charge >= 0.3 is 12.1 Å². The van der Waals surface area contributed by atoms with Gasteiger partial charge in [0, 0.05) is 19.6 Å². The molecule has 1 unspecified atom stereocenters. The summed E-state index contributed by atoms with van der Waals surface area (Å²) in [6.07, 6.45) is 0.566. The van der Waals surface area contributed by atoms with Gasteiger partial charge in [0.05, 0.1) is 13.7 Å². The van der Waals surface area contributed by atoms with Crippen LogP contribution in [0.3, 0.4) is 0 Å². The minimum absolute atomic E-state index is 0.274. The fraction of sp³-hybridized carbons (Fsp3) is 0.333. The zero-order valence-corrected chi connectivity index (χ0v) is 21.9. The number of rotatable bonds is 15. The van der Waals surface area contributed by atoms with E-state index in [0.29, 0.717) is 36.9 Å². The molecule has 0 aliphatic rings. The summed E-state index contributed by atoms with van der Waals surface area (Å²) in [5.74, 6) is 0.762. The molecule has 3 aromatic rings. The van der Waals surface area contributed by atoms with Gasteiger partial charge in [-0.2, -0.15) is 0 Å². The van der Waals surface area contributed by atoms with Crippen LogP contribution in [0.15, 0.2) is 78.9 Å². The smallest absolute Gasteiger partial charge is 0.415 e. The minimum Gasteiger partial charge on any atom is -0.497 e. The van der Waals surface area contributed by atoms with Crippen molar-refractivity contribution in [3.05, 3.63) is 90.0 Å². The molecule has 3 rings (SSSR count). The van der Waals surface area contributed by atoms with Crippen molar-refractivity contribution < 1.29 is 33.6 Å². The first-order chi connectivity index (χ1) is 18.5. The number of aryl methyl sites for hydroxylation is 1. The van der Waals surface area contributed by atoms with E-state index in [0.717, 1.165) is 18.4 Å². The Hall–Kier alpha value is -4.04. The lowest BCUT2D eigenvalue weighted by Gasteiger charge is -2.22. The number of benzene rings is 3. The van der Waals surface area contributed by atoms with E-state index in [2.05, 4.69) is 12.1 Å². The lowest BCUT2D eigenvalue weighted by atomic mass is 10.1. The van der Waals surface area contributed by atoms with Crippen LogP contribution in [0.5, 0.6) is 17.2 Å². The summed E-state index contributed by atoms with van der Waals surface area (Å²) in [5, 5.41) is 9.28. The molecule has 0 aliphatic heterocycles. The standard InChI is InChI=1S/C30H35NO7/c1-3-36-28(29(32)33)22-24-11-13-26(14-12-24)37-21-20-31(19-7-10-23-8-5-4-6-9-23)30(34)38-27-17-15-25(35-2)16-18-27/h4-6,8-9,11-18,28H,3,7,10,19-22H2,1-2H3,(H,32,33). The van der Waals surface area contributed by atoms with Crippen molar-refractivity contribution in [1.82, 2.24) is 4.90 Å². The first-order valence-corrected chi connectivity index (χ1v) is 12.7. The lowest BCUT2D eigenvalue weighted by molar-refractivity contribution is -0.149. The van der Waals surface area contributed by atoms with Gasteiger partial charge in [0.25, 0.3) is 0 Å². The molecule has 0 saturated carbocycles. The first kappa shape index (κ1) is 28.5. The summed E-state index contributed by atoms with van der Waals surface area (Å²) < 4.78 is 21.9. The van der Waals surface area contributed by atoms with E-state index in [9.17, 15) is 14.7 Å². The van der Waals surface area contributed by atoms with Crippen molar-refractivity contribution >= 4 is 12.1 Å². The number of nitrogens with zero attached hydrogens (tertiary/aromatic N) is 1. The molecule has 8 nitrogen and oxygen atoms in total.